The lowest BCUT2D eigenvalue weighted by atomic mass is 9.87. The maximum atomic E-state index is 12.3. The van der Waals surface area contributed by atoms with E-state index in [1.807, 2.05) is 19.2 Å². The lowest BCUT2D eigenvalue weighted by molar-refractivity contribution is -0.129. The van der Waals surface area contributed by atoms with Crippen LogP contribution < -0.4 is 10.0 Å². The minimum Gasteiger partial charge on any atom is -0.344 e. The molecule has 0 saturated heterocycles. The number of hydrogen-bond donors (Lipinski definition) is 2. The van der Waals surface area contributed by atoms with Gasteiger partial charge in [0.05, 0.1) is 4.90 Å². The molecule has 6 nitrogen and oxygen atoms in total. The van der Waals surface area contributed by atoms with E-state index in [1.165, 1.54) is 0 Å². The van der Waals surface area contributed by atoms with Crippen LogP contribution in [0.3, 0.4) is 0 Å². The van der Waals surface area contributed by atoms with Crippen molar-refractivity contribution in [2.24, 2.45) is 0 Å². The summed E-state index contributed by atoms with van der Waals surface area (Å²) >= 11 is 0. The number of carbonyl (C=O) groups is 1. The molecule has 0 fully saturated rings. The second kappa shape index (κ2) is 10.1. The van der Waals surface area contributed by atoms with E-state index in [0.29, 0.717) is 13.1 Å². The molecule has 2 N–H and O–H groups in total. The van der Waals surface area contributed by atoms with Crippen molar-refractivity contribution in [1.82, 2.24) is 14.9 Å². The van der Waals surface area contributed by atoms with Crippen LogP contribution in [0.5, 0.6) is 0 Å². The molecule has 0 spiro atoms. The van der Waals surface area contributed by atoms with E-state index in [9.17, 15) is 13.2 Å². The number of nitrogens with zero attached hydrogens (tertiary/aromatic N) is 1. The summed E-state index contributed by atoms with van der Waals surface area (Å²) in [6.45, 7) is 7.61. The monoisotopic (exact) mass is 391 g/mol. The van der Waals surface area contributed by atoms with E-state index < -0.39 is 10.0 Å². The summed E-state index contributed by atoms with van der Waals surface area (Å²) in [5.41, 5.74) is 1.04. The van der Waals surface area contributed by atoms with Gasteiger partial charge in [0, 0.05) is 33.1 Å². The smallest absolute Gasteiger partial charge is 0.240 e. The van der Waals surface area contributed by atoms with Gasteiger partial charge in [0.15, 0.2) is 0 Å². The van der Waals surface area contributed by atoms with Gasteiger partial charge in [-0.05, 0) is 30.2 Å². The molecule has 0 bridgehead atoms. The SMILES string of the molecule is CNCCN(C)C(=O)CCNS(=O)(=O)c1ccc(C(C)(C)C)cc1.Cl. The van der Waals surface area contributed by atoms with Gasteiger partial charge in [0.25, 0.3) is 0 Å². The van der Waals surface area contributed by atoms with Crippen LogP contribution in [0.1, 0.15) is 32.8 Å². The molecule has 0 heterocycles. The topological polar surface area (TPSA) is 78.5 Å². The van der Waals surface area contributed by atoms with Crippen LogP contribution in [0.2, 0.25) is 0 Å². The second-order valence-electron chi connectivity index (χ2n) is 6.84. The molecule has 0 aliphatic carbocycles. The molecule has 8 heteroatoms. The molecule has 0 aliphatic rings. The Kier molecular flexibility index (Phi) is 9.64. The minimum absolute atomic E-state index is 0. The minimum atomic E-state index is -3.59. The van der Waals surface area contributed by atoms with Gasteiger partial charge in [-0.1, -0.05) is 32.9 Å². The molecule has 1 aromatic carbocycles. The van der Waals surface area contributed by atoms with E-state index in [1.54, 1.807) is 24.1 Å². The molecular weight excluding hydrogens is 362 g/mol. The Morgan fingerprint density at radius 2 is 1.68 bits per heavy atom. The summed E-state index contributed by atoms with van der Waals surface area (Å²) in [7, 11) is -0.0694. The first-order chi connectivity index (χ1) is 11.1. The molecule has 0 saturated carbocycles. The van der Waals surface area contributed by atoms with E-state index in [4.69, 9.17) is 0 Å². The Hall–Kier alpha value is -1.15. The van der Waals surface area contributed by atoms with E-state index in [0.717, 1.165) is 5.56 Å². The van der Waals surface area contributed by atoms with Crippen LogP contribution >= 0.6 is 12.4 Å². The lowest BCUT2D eigenvalue weighted by Gasteiger charge is -2.19. The summed E-state index contributed by atoms with van der Waals surface area (Å²) in [5, 5.41) is 2.96. The number of halogens is 1. The second-order valence-corrected chi connectivity index (χ2v) is 8.61. The average Bonchev–Trinajstić information content (AvgIpc) is 2.51. The third-order valence-electron chi connectivity index (χ3n) is 3.78. The number of likely N-dealkylation sites (N-methyl/N-ethyl adjacent to an activating group) is 2. The number of carbonyl (C=O) groups excluding carboxylic acids is 1. The van der Waals surface area contributed by atoms with Crippen LogP contribution in [-0.2, 0) is 20.2 Å². The van der Waals surface area contributed by atoms with Crippen molar-refractivity contribution in [3.63, 3.8) is 0 Å². The zero-order valence-corrected chi connectivity index (χ0v) is 17.3. The Labute approximate surface area is 157 Å². The van der Waals surface area contributed by atoms with Gasteiger partial charge >= 0.3 is 0 Å². The van der Waals surface area contributed by atoms with E-state index >= 15 is 0 Å². The van der Waals surface area contributed by atoms with Crippen molar-refractivity contribution in [3.05, 3.63) is 29.8 Å². The molecule has 1 rings (SSSR count). The fourth-order valence-electron chi connectivity index (χ4n) is 2.10. The van der Waals surface area contributed by atoms with E-state index in [2.05, 4.69) is 30.8 Å². The Balaban J connectivity index is 0.00000576. The van der Waals surface area contributed by atoms with Crippen LogP contribution in [-0.4, -0.2) is 53.0 Å². The van der Waals surface area contributed by atoms with Crippen LogP contribution in [0.25, 0.3) is 0 Å². The van der Waals surface area contributed by atoms with Gasteiger partial charge in [-0.25, -0.2) is 13.1 Å². The molecule has 0 radical (unpaired) electrons. The van der Waals surface area contributed by atoms with Crippen molar-refractivity contribution >= 4 is 28.3 Å². The normalized spacial score (nSPS) is 11.7. The maximum Gasteiger partial charge on any atom is 0.240 e. The number of sulfonamides is 1. The molecule has 25 heavy (non-hydrogen) atoms. The first kappa shape index (κ1) is 23.9. The number of amides is 1. The molecule has 0 aliphatic heterocycles. The highest BCUT2D eigenvalue weighted by molar-refractivity contribution is 7.89. The molecule has 0 unspecified atom stereocenters. The van der Waals surface area contributed by atoms with Gasteiger partial charge in [-0.15, -0.1) is 12.4 Å². The highest BCUT2D eigenvalue weighted by Crippen LogP contribution is 2.23. The predicted molar refractivity (Wildman–Crippen MR) is 104 cm³/mol. The van der Waals surface area contributed by atoms with Crippen molar-refractivity contribution in [3.8, 4) is 0 Å². The van der Waals surface area contributed by atoms with Crippen molar-refractivity contribution in [2.45, 2.75) is 37.5 Å². The number of benzene rings is 1. The fourth-order valence-corrected chi connectivity index (χ4v) is 3.14. The molecular formula is C17H30ClN3O3S. The number of rotatable bonds is 8. The number of nitrogens with one attached hydrogen (secondary N) is 2. The summed E-state index contributed by atoms with van der Waals surface area (Å²) in [6.07, 6.45) is 0.138. The third kappa shape index (κ3) is 7.73. The largest absolute Gasteiger partial charge is 0.344 e. The zero-order valence-electron chi connectivity index (χ0n) is 15.6. The van der Waals surface area contributed by atoms with Crippen molar-refractivity contribution in [2.75, 3.05) is 33.7 Å². The standard InChI is InChI=1S/C17H29N3O3S.ClH/c1-17(2,3)14-6-8-15(9-7-14)24(22,23)19-11-10-16(21)20(5)13-12-18-4;/h6-9,18-19H,10-13H2,1-5H3;1H. The van der Waals surface area contributed by atoms with Crippen LogP contribution in [0.4, 0.5) is 0 Å². The third-order valence-corrected chi connectivity index (χ3v) is 5.26. The average molecular weight is 392 g/mol. The van der Waals surface area contributed by atoms with Crippen molar-refractivity contribution in [1.29, 1.82) is 0 Å². The van der Waals surface area contributed by atoms with Gasteiger partial charge in [0.1, 0.15) is 0 Å². The number of hydrogen-bond acceptors (Lipinski definition) is 4. The Morgan fingerprint density at radius 1 is 1.12 bits per heavy atom. The highest BCUT2D eigenvalue weighted by atomic mass is 35.5. The van der Waals surface area contributed by atoms with Gasteiger partial charge in [0.2, 0.25) is 15.9 Å². The fraction of sp³-hybridized carbons (Fsp3) is 0.588. The summed E-state index contributed by atoms with van der Waals surface area (Å²) in [5.74, 6) is -0.0870. The molecule has 0 atom stereocenters. The molecule has 1 amide bonds. The Morgan fingerprint density at radius 3 is 2.16 bits per heavy atom. The van der Waals surface area contributed by atoms with Gasteiger partial charge < -0.3 is 10.2 Å². The summed E-state index contributed by atoms with van der Waals surface area (Å²) < 4.78 is 27.0. The predicted octanol–water partition coefficient (Wildman–Crippen LogP) is 1.75. The molecule has 144 valence electrons. The highest BCUT2D eigenvalue weighted by Gasteiger charge is 2.18. The molecule has 0 aromatic heterocycles. The zero-order chi connectivity index (χ0) is 18.4. The lowest BCUT2D eigenvalue weighted by Crippen LogP contribution is -2.35. The maximum absolute atomic E-state index is 12.3. The van der Waals surface area contributed by atoms with E-state index in [-0.39, 0.29) is 41.6 Å². The quantitative estimate of drug-likeness (QED) is 0.707. The summed E-state index contributed by atoms with van der Waals surface area (Å²) in [4.78, 5) is 13.7. The van der Waals surface area contributed by atoms with Crippen LogP contribution in [0.15, 0.2) is 29.2 Å². The first-order valence-corrected chi connectivity index (χ1v) is 9.55. The van der Waals surface area contributed by atoms with Gasteiger partial charge in [-0.3, -0.25) is 4.79 Å². The molecule has 1 aromatic rings. The van der Waals surface area contributed by atoms with Gasteiger partial charge in [-0.2, -0.15) is 0 Å². The van der Waals surface area contributed by atoms with Crippen LogP contribution in [0, 0.1) is 0 Å². The van der Waals surface area contributed by atoms with Crippen molar-refractivity contribution < 1.29 is 13.2 Å². The summed E-state index contributed by atoms with van der Waals surface area (Å²) in [6, 6.07) is 6.85. The Bertz CT molecular complexity index is 640. The first-order valence-electron chi connectivity index (χ1n) is 8.06.